The topological polar surface area (TPSA) is 78.5 Å². The molecular weight excluding hydrogens is 168 g/mol. The highest BCUT2D eigenvalue weighted by Crippen LogP contribution is 2.02. The van der Waals surface area contributed by atoms with E-state index in [0.29, 0.717) is 12.6 Å². The molecule has 13 heavy (non-hydrogen) atoms. The van der Waals surface area contributed by atoms with Crippen molar-refractivity contribution in [2.45, 2.75) is 25.4 Å². The van der Waals surface area contributed by atoms with E-state index >= 15 is 0 Å². The zero-order valence-corrected chi connectivity index (χ0v) is 7.45. The van der Waals surface area contributed by atoms with Gasteiger partial charge >= 0.3 is 0 Å². The van der Waals surface area contributed by atoms with Gasteiger partial charge in [0.05, 0.1) is 6.54 Å². The molecule has 6 heteroatoms. The summed E-state index contributed by atoms with van der Waals surface area (Å²) >= 11 is 0. The molecule has 0 aliphatic carbocycles. The summed E-state index contributed by atoms with van der Waals surface area (Å²) in [6, 6.07) is 0.597. The van der Waals surface area contributed by atoms with Crippen molar-refractivity contribution in [2.75, 3.05) is 13.1 Å². The van der Waals surface area contributed by atoms with Crippen LogP contribution in [0.1, 0.15) is 18.7 Å². The van der Waals surface area contributed by atoms with Crippen LogP contribution in [0.25, 0.3) is 0 Å². The third-order valence-corrected chi connectivity index (χ3v) is 2.28. The molecule has 72 valence electrons. The molecule has 2 rings (SSSR count). The Hall–Kier alpha value is -1.01. The molecule has 0 spiro atoms. The second-order valence-corrected chi connectivity index (χ2v) is 3.23. The quantitative estimate of drug-likeness (QED) is 0.561. The van der Waals surface area contributed by atoms with Crippen molar-refractivity contribution in [2.24, 2.45) is 0 Å². The van der Waals surface area contributed by atoms with Crippen LogP contribution >= 0.6 is 0 Å². The van der Waals surface area contributed by atoms with Crippen molar-refractivity contribution >= 4 is 0 Å². The maximum atomic E-state index is 3.88. The van der Waals surface area contributed by atoms with E-state index in [-0.39, 0.29) is 0 Å². The van der Waals surface area contributed by atoms with Gasteiger partial charge < -0.3 is 10.6 Å². The molecule has 0 radical (unpaired) electrons. The summed E-state index contributed by atoms with van der Waals surface area (Å²) in [4.78, 5) is 0. The summed E-state index contributed by atoms with van der Waals surface area (Å²) in [6.45, 7) is 2.91. The molecule has 1 aromatic rings. The number of rotatable bonds is 3. The van der Waals surface area contributed by atoms with E-state index < -0.39 is 0 Å². The molecule has 0 saturated carbocycles. The fraction of sp³-hybridized carbons (Fsp3) is 0.857. The van der Waals surface area contributed by atoms with Crippen molar-refractivity contribution in [1.82, 2.24) is 31.3 Å². The molecule has 0 amide bonds. The molecule has 1 saturated heterocycles. The van der Waals surface area contributed by atoms with Crippen molar-refractivity contribution in [3.63, 3.8) is 0 Å². The zero-order valence-electron chi connectivity index (χ0n) is 7.45. The second-order valence-electron chi connectivity index (χ2n) is 3.23. The Labute approximate surface area is 76.5 Å². The van der Waals surface area contributed by atoms with E-state index in [2.05, 4.69) is 31.3 Å². The van der Waals surface area contributed by atoms with Gasteiger partial charge in [-0.15, -0.1) is 10.2 Å². The van der Waals surface area contributed by atoms with Crippen molar-refractivity contribution in [3.8, 4) is 0 Å². The fourth-order valence-corrected chi connectivity index (χ4v) is 1.52. The number of tetrazole rings is 1. The average molecular weight is 182 g/mol. The van der Waals surface area contributed by atoms with Gasteiger partial charge in [-0.05, 0) is 25.9 Å². The zero-order chi connectivity index (χ0) is 8.93. The van der Waals surface area contributed by atoms with Crippen LogP contribution in [0.15, 0.2) is 0 Å². The molecule has 1 aliphatic rings. The number of nitrogens with zero attached hydrogens (tertiary/aromatic N) is 3. The SMILES string of the molecule is C1CC(NCc2nn[nH]n2)CCN1. The number of aromatic nitrogens is 4. The van der Waals surface area contributed by atoms with Crippen molar-refractivity contribution in [1.29, 1.82) is 0 Å². The Kier molecular flexibility index (Phi) is 2.83. The number of hydrogen-bond acceptors (Lipinski definition) is 5. The molecule has 0 aromatic carbocycles. The highest BCUT2D eigenvalue weighted by Gasteiger charge is 2.12. The van der Waals surface area contributed by atoms with Gasteiger partial charge in [0.2, 0.25) is 0 Å². The molecule has 1 aliphatic heterocycles. The Morgan fingerprint density at radius 3 is 2.92 bits per heavy atom. The molecule has 1 fully saturated rings. The number of hydrogen-bond donors (Lipinski definition) is 3. The van der Waals surface area contributed by atoms with E-state index in [1.165, 1.54) is 12.8 Å². The van der Waals surface area contributed by atoms with Crippen LogP contribution in [0.4, 0.5) is 0 Å². The van der Waals surface area contributed by atoms with E-state index in [4.69, 9.17) is 0 Å². The van der Waals surface area contributed by atoms with Crippen LogP contribution in [0.2, 0.25) is 0 Å². The molecule has 0 unspecified atom stereocenters. The molecule has 6 nitrogen and oxygen atoms in total. The lowest BCUT2D eigenvalue weighted by Crippen LogP contribution is -2.39. The number of piperidine rings is 1. The average Bonchev–Trinajstić information content (AvgIpc) is 2.69. The first-order chi connectivity index (χ1) is 6.45. The van der Waals surface area contributed by atoms with Gasteiger partial charge in [0.25, 0.3) is 0 Å². The Morgan fingerprint density at radius 2 is 2.23 bits per heavy atom. The maximum Gasteiger partial charge on any atom is 0.188 e. The summed E-state index contributed by atoms with van der Waals surface area (Å²) in [5.41, 5.74) is 0. The minimum atomic E-state index is 0.597. The smallest absolute Gasteiger partial charge is 0.188 e. The molecule has 1 aromatic heterocycles. The summed E-state index contributed by atoms with van der Waals surface area (Å²) in [5, 5.41) is 20.4. The van der Waals surface area contributed by atoms with Gasteiger partial charge in [0, 0.05) is 6.04 Å². The first-order valence-corrected chi connectivity index (χ1v) is 4.61. The lowest BCUT2D eigenvalue weighted by atomic mass is 10.1. The van der Waals surface area contributed by atoms with E-state index in [9.17, 15) is 0 Å². The van der Waals surface area contributed by atoms with Gasteiger partial charge in [0.1, 0.15) is 0 Å². The predicted molar refractivity (Wildman–Crippen MR) is 46.9 cm³/mol. The molecule has 0 bridgehead atoms. The van der Waals surface area contributed by atoms with E-state index in [1.54, 1.807) is 0 Å². The lowest BCUT2D eigenvalue weighted by molar-refractivity contribution is 0.383. The van der Waals surface area contributed by atoms with Gasteiger partial charge in [-0.1, -0.05) is 5.21 Å². The Morgan fingerprint density at radius 1 is 1.38 bits per heavy atom. The number of nitrogens with one attached hydrogen (secondary N) is 3. The molecule has 2 heterocycles. The highest BCUT2D eigenvalue weighted by atomic mass is 15.5. The first kappa shape index (κ1) is 8.58. The fourth-order valence-electron chi connectivity index (χ4n) is 1.52. The first-order valence-electron chi connectivity index (χ1n) is 4.61. The Balaban J connectivity index is 1.72. The largest absolute Gasteiger partial charge is 0.317 e. The van der Waals surface area contributed by atoms with E-state index in [0.717, 1.165) is 18.9 Å². The monoisotopic (exact) mass is 182 g/mol. The summed E-state index contributed by atoms with van der Waals surface area (Å²) in [6.07, 6.45) is 2.36. The van der Waals surface area contributed by atoms with Crippen LogP contribution in [-0.2, 0) is 6.54 Å². The molecular formula is C7H14N6. The van der Waals surface area contributed by atoms with Crippen LogP contribution < -0.4 is 10.6 Å². The lowest BCUT2D eigenvalue weighted by Gasteiger charge is -2.22. The van der Waals surface area contributed by atoms with Crippen LogP contribution in [0.3, 0.4) is 0 Å². The minimum absolute atomic E-state index is 0.597. The van der Waals surface area contributed by atoms with Gasteiger partial charge in [-0.2, -0.15) is 5.21 Å². The van der Waals surface area contributed by atoms with Crippen LogP contribution in [0, 0.1) is 0 Å². The number of H-pyrrole nitrogens is 1. The van der Waals surface area contributed by atoms with Gasteiger partial charge in [-0.25, -0.2) is 0 Å². The predicted octanol–water partition coefficient (Wildman–Crippen LogP) is -0.959. The van der Waals surface area contributed by atoms with Gasteiger partial charge in [0.15, 0.2) is 5.82 Å². The van der Waals surface area contributed by atoms with Crippen molar-refractivity contribution < 1.29 is 0 Å². The summed E-state index contributed by atoms with van der Waals surface area (Å²) < 4.78 is 0. The van der Waals surface area contributed by atoms with Crippen LogP contribution in [-0.4, -0.2) is 39.8 Å². The van der Waals surface area contributed by atoms with E-state index in [1.807, 2.05) is 0 Å². The maximum absolute atomic E-state index is 3.88. The standard InChI is InChI=1S/C7H14N6/c1-3-8-4-2-6(1)9-5-7-10-12-13-11-7/h6,8-9H,1-5H2,(H,10,11,12,13). The van der Waals surface area contributed by atoms with Crippen molar-refractivity contribution in [3.05, 3.63) is 5.82 Å². The summed E-state index contributed by atoms with van der Waals surface area (Å²) in [5.74, 6) is 0.735. The van der Waals surface area contributed by atoms with Gasteiger partial charge in [-0.3, -0.25) is 0 Å². The third-order valence-electron chi connectivity index (χ3n) is 2.28. The Bertz CT molecular complexity index is 227. The third kappa shape index (κ3) is 2.46. The molecule has 0 atom stereocenters. The minimum Gasteiger partial charge on any atom is -0.317 e. The van der Waals surface area contributed by atoms with Crippen LogP contribution in [0.5, 0.6) is 0 Å². The highest BCUT2D eigenvalue weighted by molar-refractivity contribution is 4.79. The normalized spacial score (nSPS) is 19.1. The summed E-state index contributed by atoms with van der Waals surface area (Å²) in [7, 11) is 0. The second kappa shape index (κ2) is 4.29. The molecule has 3 N–H and O–H groups in total. The number of aromatic amines is 1.